The molecular weight excluding hydrogens is 574 g/mol. The Balaban J connectivity index is 1.15. The largest absolute Gasteiger partial charge is 0.393 e. The van der Waals surface area contributed by atoms with Crippen molar-refractivity contribution >= 4 is 5.91 Å². The van der Waals surface area contributed by atoms with Crippen molar-refractivity contribution in [3.8, 4) is 0 Å². The van der Waals surface area contributed by atoms with Gasteiger partial charge in [-0.2, -0.15) is 0 Å². The number of rotatable bonds is 20. The number of amides is 1. The summed E-state index contributed by atoms with van der Waals surface area (Å²) in [7, 11) is 0. The van der Waals surface area contributed by atoms with Crippen LogP contribution in [0.25, 0.3) is 0 Å². The lowest BCUT2D eigenvalue weighted by molar-refractivity contribution is -0.169. The van der Waals surface area contributed by atoms with Crippen molar-refractivity contribution in [2.24, 2.45) is 52.1 Å². The van der Waals surface area contributed by atoms with Crippen LogP contribution in [0, 0.1) is 46.3 Å². The van der Waals surface area contributed by atoms with Crippen molar-refractivity contribution in [2.45, 2.75) is 117 Å². The van der Waals surface area contributed by atoms with Gasteiger partial charge in [-0.1, -0.05) is 20.8 Å². The van der Waals surface area contributed by atoms with Gasteiger partial charge in [-0.05, 0) is 118 Å². The molecule has 0 heterocycles. The van der Waals surface area contributed by atoms with Crippen molar-refractivity contribution in [3.05, 3.63) is 0 Å². The predicted molar refractivity (Wildman–Crippen MR) is 191 cm³/mol. The van der Waals surface area contributed by atoms with Crippen molar-refractivity contribution in [1.29, 1.82) is 0 Å². The Hall–Kier alpha value is -0.810. The van der Waals surface area contributed by atoms with Crippen molar-refractivity contribution in [1.82, 2.24) is 31.9 Å². The van der Waals surface area contributed by atoms with E-state index in [0.29, 0.717) is 48.1 Å². The first-order valence-corrected chi connectivity index (χ1v) is 19.3. The van der Waals surface area contributed by atoms with E-state index in [1.54, 1.807) is 0 Å². The maximum Gasteiger partial charge on any atom is 0.220 e. The van der Waals surface area contributed by atoms with E-state index in [4.69, 9.17) is 5.73 Å². The van der Waals surface area contributed by atoms with Gasteiger partial charge in [0.2, 0.25) is 5.91 Å². The highest BCUT2D eigenvalue weighted by molar-refractivity contribution is 5.76. The lowest BCUT2D eigenvalue weighted by atomic mass is 9.43. The van der Waals surface area contributed by atoms with Crippen LogP contribution in [-0.2, 0) is 4.79 Å². The number of carbonyl (C=O) groups is 1. The molecule has 0 spiro atoms. The summed E-state index contributed by atoms with van der Waals surface area (Å²) in [6.07, 6.45) is 11.4. The van der Waals surface area contributed by atoms with Crippen molar-refractivity contribution in [3.63, 3.8) is 0 Å². The van der Waals surface area contributed by atoms with Crippen LogP contribution in [0.3, 0.4) is 0 Å². The summed E-state index contributed by atoms with van der Waals surface area (Å²) in [6, 6.07) is 0.826. The Kier molecular flexibility index (Phi) is 15.1. The minimum Gasteiger partial charge on any atom is -0.393 e. The molecule has 4 rings (SSSR count). The normalized spacial score (nSPS) is 36.2. The van der Waals surface area contributed by atoms with Crippen LogP contribution in [0.5, 0.6) is 0 Å². The number of nitrogens with two attached hydrogens (primary N) is 1. The summed E-state index contributed by atoms with van der Waals surface area (Å²) in [5, 5.41) is 32.7. The highest BCUT2D eigenvalue weighted by Crippen LogP contribution is 2.68. The summed E-state index contributed by atoms with van der Waals surface area (Å²) >= 11 is 0. The molecule has 268 valence electrons. The third-order valence-corrected chi connectivity index (χ3v) is 13.3. The van der Waals surface area contributed by atoms with E-state index in [0.717, 1.165) is 83.6 Å². The van der Waals surface area contributed by atoms with Crippen LogP contribution in [0.15, 0.2) is 0 Å². The van der Waals surface area contributed by atoms with Crippen LogP contribution in [-0.4, -0.2) is 94.6 Å². The first-order chi connectivity index (χ1) is 22.1. The van der Waals surface area contributed by atoms with E-state index in [2.05, 4.69) is 52.7 Å². The van der Waals surface area contributed by atoms with Gasteiger partial charge in [0.25, 0.3) is 0 Å². The van der Waals surface area contributed by atoms with Gasteiger partial charge in [0.15, 0.2) is 0 Å². The second-order valence-electron chi connectivity index (χ2n) is 16.4. The summed E-state index contributed by atoms with van der Waals surface area (Å²) in [5.41, 5.74) is 5.85. The van der Waals surface area contributed by atoms with Gasteiger partial charge < -0.3 is 42.7 Å². The number of hydrogen-bond donors (Lipinski definition) is 8. The summed E-state index contributed by atoms with van der Waals surface area (Å²) in [5.74, 6) is 3.98. The summed E-state index contributed by atoms with van der Waals surface area (Å²) in [6.45, 7) is 21.0. The molecule has 9 nitrogen and oxygen atoms in total. The third kappa shape index (κ3) is 9.45. The molecule has 0 aromatic carbocycles. The van der Waals surface area contributed by atoms with Crippen LogP contribution < -0.4 is 37.6 Å². The molecule has 0 aromatic heterocycles. The predicted octanol–water partition coefficient (Wildman–Crippen LogP) is 2.83. The SMILES string of the molecule is CC(C)NC(=O)CC[C@@H](C)[C@H]1CCC2C3CCC4C[C@@H](NCCNCCNCCNCCNCCN)CC[C@]4(C)C3C[C@H](O)[C@@]21C. The van der Waals surface area contributed by atoms with Crippen molar-refractivity contribution < 1.29 is 9.90 Å². The molecule has 4 aliphatic carbocycles. The number of carbonyl (C=O) groups excluding carboxylic acids is 1. The molecule has 4 saturated carbocycles. The van der Waals surface area contributed by atoms with Gasteiger partial charge in [0.1, 0.15) is 0 Å². The van der Waals surface area contributed by atoms with E-state index >= 15 is 0 Å². The van der Waals surface area contributed by atoms with Crippen LogP contribution >= 0.6 is 0 Å². The van der Waals surface area contributed by atoms with E-state index in [1.165, 1.54) is 44.9 Å². The molecular formula is C37H73N7O2. The zero-order chi connectivity index (χ0) is 33.2. The van der Waals surface area contributed by atoms with Crippen LogP contribution in [0.2, 0.25) is 0 Å². The number of aliphatic hydroxyl groups excluding tert-OH is 1. The first kappa shape index (κ1) is 38.0. The average Bonchev–Trinajstić information content (AvgIpc) is 3.39. The van der Waals surface area contributed by atoms with Gasteiger partial charge in [0.05, 0.1) is 6.10 Å². The third-order valence-electron chi connectivity index (χ3n) is 13.3. The highest BCUT2D eigenvalue weighted by Gasteiger charge is 2.63. The zero-order valence-corrected chi connectivity index (χ0v) is 30.3. The van der Waals surface area contributed by atoms with Crippen LogP contribution in [0.4, 0.5) is 0 Å². The van der Waals surface area contributed by atoms with Gasteiger partial charge in [-0.25, -0.2) is 0 Å². The maximum absolute atomic E-state index is 12.4. The van der Waals surface area contributed by atoms with Gasteiger partial charge in [-0.3, -0.25) is 4.79 Å². The fourth-order valence-corrected chi connectivity index (χ4v) is 10.8. The molecule has 9 N–H and O–H groups in total. The topological polar surface area (TPSA) is 136 Å². The standard InChI is InChI=1S/C37H73N7O2/c1-26(2)44-35(46)11-6-27(3)31-9-10-32-30-8-7-28-24-29(12-13-36(28,4)33(30)25-34(45)37(31,32)5)43-23-22-42-21-20-41-19-18-40-17-16-39-15-14-38/h26-34,39-43,45H,6-25,38H2,1-5H3,(H,44,46)/t27-,28?,29+,30?,31-,32?,33?,34+,36+,37-/m1/s1. The fraction of sp³-hybridized carbons (Fsp3) is 0.973. The molecule has 0 radical (unpaired) electrons. The minimum absolute atomic E-state index is 0.00142. The first-order valence-electron chi connectivity index (χ1n) is 19.3. The second-order valence-corrected chi connectivity index (χ2v) is 16.4. The average molecular weight is 648 g/mol. The van der Waals surface area contributed by atoms with Gasteiger partial charge in [-0.15, -0.1) is 0 Å². The highest BCUT2D eigenvalue weighted by atomic mass is 16.3. The van der Waals surface area contributed by atoms with Crippen LogP contribution in [0.1, 0.15) is 98.8 Å². The summed E-state index contributed by atoms with van der Waals surface area (Å²) < 4.78 is 0. The molecule has 46 heavy (non-hydrogen) atoms. The number of nitrogens with one attached hydrogen (secondary N) is 6. The van der Waals surface area contributed by atoms with E-state index in [-0.39, 0.29) is 23.5 Å². The zero-order valence-electron chi connectivity index (χ0n) is 30.3. The van der Waals surface area contributed by atoms with Crippen molar-refractivity contribution in [2.75, 3.05) is 65.4 Å². The fourth-order valence-electron chi connectivity index (χ4n) is 10.8. The molecule has 10 atom stereocenters. The molecule has 0 aliphatic heterocycles. The molecule has 9 heteroatoms. The molecule has 0 saturated heterocycles. The van der Waals surface area contributed by atoms with E-state index < -0.39 is 0 Å². The van der Waals surface area contributed by atoms with Gasteiger partial charge in [0, 0.05) is 84.0 Å². The Morgan fingerprint density at radius 3 is 2.07 bits per heavy atom. The molecule has 0 aromatic rings. The number of hydrogen-bond acceptors (Lipinski definition) is 8. The smallest absolute Gasteiger partial charge is 0.220 e. The lowest BCUT2D eigenvalue weighted by Gasteiger charge is -2.62. The quantitative estimate of drug-likeness (QED) is 0.0946. The maximum atomic E-state index is 12.4. The number of fused-ring (bicyclic) bond motifs is 5. The lowest BCUT2D eigenvalue weighted by Crippen LogP contribution is -2.59. The number of aliphatic hydroxyl groups is 1. The Morgan fingerprint density at radius 1 is 0.804 bits per heavy atom. The molecule has 4 unspecified atom stereocenters. The Morgan fingerprint density at radius 2 is 1.43 bits per heavy atom. The molecule has 0 bridgehead atoms. The molecule has 4 aliphatic rings. The monoisotopic (exact) mass is 648 g/mol. The van der Waals surface area contributed by atoms with E-state index in [9.17, 15) is 9.90 Å². The van der Waals surface area contributed by atoms with Gasteiger partial charge >= 0.3 is 0 Å². The summed E-state index contributed by atoms with van der Waals surface area (Å²) in [4.78, 5) is 12.4. The Bertz CT molecular complexity index is 907. The molecule has 4 fully saturated rings. The Labute approximate surface area is 281 Å². The second kappa shape index (κ2) is 18.3. The minimum atomic E-state index is -0.217. The van der Waals surface area contributed by atoms with E-state index in [1.807, 2.05) is 13.8 Å². The molecule has 1 amide bonds.